The molecule has 4 rings (SSSR count). The van der Waals surface area contributed by atoms with E-state index in [-0.39, 0.29) is 5.91 Å². The summed E-state index contributed by atoms with van der Waals surface area (Å²) in [5, 5.41) is 12.2. The number of hydrogen-bond donors (Lipinski definition) is 2. The molecule has 0 unspecified atom stereocenters. The van der Waals surface area contributed by atoms with Crippen molar-refractivity contribution in [3.63, 3.8) is 0 Å². The molecular weight excluding hydrogens is 418 g/mol. The van der Waals surface area contributed by atoms with E-state index in [0.717, 1.165) is 28.1 Å². The third kappa shape index (κ3) is 3.82. The zero-order chi connectivity index (χ0) is 21.4. The van der Waals surface area contributed by atoms with Crippen LogP contribution in [0.2, 0.25) is 5.02 Å². The first-order chi connectivity index (χ1) is 14.4. The highest BCUT2D eigenvalue weighted by molar-refractivity contribution is 7.98. The first-order valence-corrected chi connectivity index (χ1v) is 11.1. The van der Waals surface area contributed by atoms with Crippen molar-refractivity contribution < 1.29 is 4.79 Å². The summed E-state index contributed by atoms with van der Waals surface area (Å²) in [4.78, 5) is 18.0. The van der Waals surface area contributed by atoms with Crippen LogP contribution in [0.15, 0.2) is 58.9 Å². The van der Waals surface area contributed by atoms with Crippen LogP contribution < -0.4 is 10.6 Å². The Kier molecular flexibility index (Phi) is 5.58. The Hall–Kier alpha value is -2.77. The Labute approximate surface area is 184 Å². The molecule has 6 nitrogen and oxygen atoms in total. The fraction of sp³-hybridized carbons (Fsp3) is 0.227. The Morgan fingerprint density at radius 3 is 2.57 bits per heavy atom. The minimum atomic E-state index is -0.419. The second-order valence-corrected chi connectivity index (χ2v) is 8.47. The number of hydrogen-bond acceptors (Lipinski definition) is 5. The van der Waals surface area contributed by atoms with E-state index in [2.05, 4.69) is 20.7 Å². The molecule has 1 aliphatic rings. The van der Waals surface area contributed by atoms with Gasteiger partial charge in [0, 0.05) is 16.4 Å². The Morgan fingerprint density at radius 1 is 1.17 bits per heavy atom. The van der Waals surface area contributed by atoms with Crippen molar-refractivity contribution >= 4 is 40.9 Å². The van der Waals surface area contributed by atoms with Gasteiger partial charge in [0.2, 0.25) is 11.1 Å². The van der Waals surface area contributed by atoms with E-state index in [1.807, 2.05) is 69.5 Å². The number of carbonyl (C=O) groups excluding carboxylic acids is 1. The number of anilines is 2. The summed E-state index contributed by atoms with van der Waals surface area (Å²) in [7, 11) is 0. The summed E-state index contributed by atoms with van der Waals surface area (Å²) in [5.41, 5.74) is 5.18. The molecule has 2 aromatic carbocycles. The first-order valence-electron chi connectivity index (χ1n) is 9.49. The molecule has 2 heterocycles. The van der Waals surface area contributed by atoms with Crippen molar-refractivity contribution in [2.24, 2.45) is 0 Å². The van der Waals surface area contributed by atoms with Gasteiger partial charge in [-0.1, -0.05) is 53.2 Å². The van der Waals surface area contributed by atoms with Crippen molar-refractivity contribution in [2.45, 2.75) is 32.0 Å². The lowest BCUT2D eigenvalue weighted by molar-refractivity contribution is -0.113. The van der Waals surface area contributed by atoms with Crippen LogP contribution in [0, 0.1) is 13.8 Å². The summed E-state index contributed by atoms with van der Waals surface area (Å²) < 4.78 is 1.76. The largest absolute Gasteiger partial charge is 0.328 e. The molecule has 3 aromatic rings. The molecule has 154 valence electrons. The van der Waals surface area contributed by atoms with Crippen LogP contribution in [0.25, 0.3) is 0 Å². The quantitative estimate of drug-likeness (QED) is 0.547. The van der Waals surface area contributed by atoms with Crippen molar-refractivity contribution in [3.05, 3.63) is 75.4 Å². The zero-order valence-electron chi connectivity index (χ0n) is 17.2. The maximum Gasteiger partial charge on any atom is 0.255 e. The van der Waals surface area contributed by atoms with E-state index in [4.69, 9.17) is 11.6 Å². The molecule has 1 amide bonds. The van der Waals surface area contributed by atoms with Crippen molar-refractivity contribution in [1.82, 2.24) is 14.8 Å². The summed E-state index contributed by atoms with van der Waals surface area (Å²) in [6.07, 6.45) is 1.92. The number of fused-ring (bicyclic) bond motifs is 1. The van der Waals surface area contributed by atoms with Crippen LogP contribution in [-0.4, -0.2) is 26.9 Å². The van der Waals surface area contributed by atoms with Crippen LogP contribution in [0.3, 0.4) is 0 Å². The highest BCUT2D eigenvalue weighted by Gasteiger charge is 2.34. The van der Waals surface area contributed by atoms with Gasteiger partial charge in [0.25, 0.3) is 5.91 Å². The van der Waals surface area contributed by atoms with E-state index in [9.17, 15) is 4.79 Å². The smallest absolute Gasteiger partial charge is 0.255 e. The maximum atomic E-state index is 13.5. The molecule has 0 fully saturated rings. The summed E-state index contributed by atoms with van der Waals surface area (Å²) in [5.74, 6) is 0.429. The molecular formula is C22H22ClN5OS. The molecule has 0 saturated carbocycles. The number of halogens is 1. The molecule has 0 saturated heterocycles. The first kappa shape index (κ1) is 20.5. The predicted molar refractivity (Wildman–Crippen MR) is 122 cm³/mol. The number of thioether (sulfide) groups is 1. The molecule has 0 bridgehead atoms. The minimum absolute atomic E-state index is 0.182. The lowest BCUT2D eigenvalue weighted by Crippen LogP contribution is -2.31. The Balaban J connectivity index is 1.78. The van der Waals surface area contributed by atoms with E-state index in [1.54, 1.807) is 4.68 Å². The third-order valence-electron chi connectivity index (χ3n) is 5.08. The predicted octanol–water partition coefficient (Wildman–Crippen LogP) is 5.20. The number of rotatable bonds is 4. The summed E-state index contributed by atoms with van der Waals surface area (Å²) in [6.45, 7) is 5.90. The molecule has 1 atom stereocenters. The average molecular weight is 440 g/mol. The van der Waals surface area contributed by atoms with Gasteiger partial charge in [0.15, 0.2) is 0 Å². The van der Waals surface area contributed by atoms with Gasteiger partial charge in [-0.25, -0.2) is 4.68 Å². The minimum Gasteiger partial charge on any atom is -0.328 e. The van der Waals surface area contributed by atoms with Gasteiger partial charge in [-0.05, 0) is 56.4 Å². The normalized spacial score (nSPS) is 15.6. The third-order valence-corrected chi connectivity index (χ3v) is 5.87. The average Bonchev–Trinajstić information content (AvgIpc) is 3.12. The number of amides is 1. The molecule has 8 heteroatoms. The van der Waals surface area contributed by atoms with Gasteiger partial charge in [-0.15, -0.1) is 5.10 Å². The SMILES string of the molecule is CSc1nc2n(n1)[C@@H](c1ccc(Cl)cc1)C(C(=O)Nc1ccc(C)cc1C)=C(C)N2. The number of allylic oxidation sites excluding steroid dienone is 1. The van der Waals surface area contributed by atoms with Gasteiger partial charge in [0.1, 0.15) is 6.04 Å². The topological polar surface area (TPSA) is 71.8 Å². The van der Waals surface area contributed by atoms with Crippen LogP contribution >= 0.6 is 23.4 Å². The van der Waals surface area contributed by atoms with Gasteiger partial charge < -0.3 is 10.6 Å². The van der Waals surface area contributed by atoms with E-state index in [1.165, 1.54) is 11.8 Å². The molecule has 1 aliphatic heterocycles. The summed E-state index contributed by atoms with van der Waals surface area (Å²) in [6, 6.07) is 13.0. The van der Waals surface area contributed by atoms with Crippen LogP contribution in [0.4, 0.5) is 11.6 Å². The molecule has 30 heavy (non-hydrogen) atoms. The Bertz CT molecular complexity index is 1150. The second-order valence-electron chi connectivity index (χ2n) is 7.26. The maximum absolute atomic E-state index is 13.5. The second kappa shape index (κ2) is 8.16. The van der Waals surface area contributed by atoms with Crippen molar-refractivity contribution in [2.75, 3.05) is 16.9 Å². The van der Waals surface area contributed by atoms with Gasteiger partial charge in [-0.2, -0.15) is 4.98 Å². The molecule has 1 aromatic heterocycles. The summed E-state index contributed by atoms with van der Waals surface area (Å²) >= 11 is 7.56. The van der Waals surface area contributed by atoms with Crippen molar-refractivity contribution in [3.8, 4) is 0 Å². The number of aryl methyl sites for hydroxylation is 2. The highest BCUT2D eigenvalue weighted by atomic mass is 35.5. The van der Waals surface area contributed by atoms with Gasteiger partial charge in [-0.3, -0.25) is 4.79 Å². The van der Waals surface area contributed by atoms with E-state index in [0.29, 0.717) is 21.7 Å². The van der Waals surface area contributed by atoms with Crippen LogP contribution in [-0.2, 0) is 4.79 Å². The number of carbonyl (C=O) groups is 1. The van der Waals surface area contributed by atoms with Gasteiger partial charge in [0.05, 0.1) is 5.57 Å². The van der Waals surface area contributed by atoms with E-state index < -0.39 is 6.04 Å². The molecule has 2 N–H and O–H groups in total. The lowest BCUT2D eigenvalue weighted by atomic mass is 9.95. The van der Waals surface area contributed by atoms with Crippen LogP contribution in [0.1, 0.15) is 29.7 Å². The fourth-order valence-electron chi connectivity index (χ4n) is 3.61. The Morgan fingerprint density at radius 2 is 1.90 bits per heavy atom. The standard InChI is InChI=1S/C22H22ClN5OS/c1-12-5-10-17(13(2)11-12)25-20(29)18-14(3)24-21-26-22(30-4)27-28(21)19(18)15-6-8-16(23)9-7-15/h5-11,19H,1-4H3,(H,25,29)(H,24,26,27)/t19-/m0/s1. The lowest BCUT2D eigenvalue weighted by Gasteiger charge is -2.29. The molecule has 0 spiro atoms. The number of benzene rings is 2. The number of nitrogens with one attached hydrogen (secondary N) is 2. The zero-order valence-corrected chi connectivity index (χ0v) is 18.7. The van der Waals surface area contributed by atoms with Crippen LogP contribution in [0.5, 0.6) is 0 Å². The monoisotopic (exact) mass is 439 g/mol. The van der Waals surface area contributed by atoms with Gasteiger partial charge >= 0.3 is 0 Å². The van der Waals surface area contributed by atoms with Crippen molar-refractivity contribution in [1.29, 1.82) is 0 Å². The number of nitrogens with zero attached hydrogens (tertiary/aromatic N) is 3. The highest BCUT2D eigenvalue weighted by Crippen LogP contribution is 2.37. The number of aromatic nitrogens is 3. The molecule has 0 aliphatic carbocycles. The fourth-order valence-corrected chi connectivity index (χ4v) is 4.08. The molecule has 0 radical (unpaired) electrons. The van der Waals surface area contributed by atoms with E-state index >= 15 is 0 Å².